The standard InChI is InChI=1S/C30H26N6O6S2.C15H14N6.2Na/c1-20-12-13-22(27(18-20)44(38,39)40)15-14-21-16-17-25(19-26(21)43-42-41-37)33-30-35-28(31-23-8-4-2-5-9-23)34-29(36-30)32-24-10-6-3-7-11-24;16-13-19-14(17-11-7-3-1-4-8-11)21-15(20-13)18-12-9-5-2-6-10-12;;/h2-19,37H,1H3,(H,38,39,40)(H3,31,32,33,34,35,36);1-10H,(H4,16,17,18,19,20,21);;/q;;2*+1/p-2/b15-14+;;;. The summed E-state index contributed by atoms with van der Waals surface area (Å²) in [6.45, 7) is 1.69. The fraction of sp³-hybridized carbons (Fsp3) is 0.0222. The molecule has 6 aromatic carbocycles. The minimum Gasteiger partial charge on any atom is -0.744 e. The number of rotatable bonds is 16. The van der Waals surface area contributed by atoms with Crippen molar-refractivity contribution in [3.05, 3.63) is 174 Å². The number of hydrogen-bond acceptors (Lipinski definition) is 19. The summed E-state index contributed by atoms with van der Waals surface area (Å²) < 4.78 is 40.0. The second kappa shape index (κ2) is 25.8. The van der Waals surface area contributed by atoms with E-state index < -0.39 is 10.1 Å². The van der Waals surface area contributed by atoms with Crippen LogP contribution < -0.4 is 96.7 Å². The zero-order chi connectivity index (χ0) is 45.4. The van der Waals surface area contributed by atoms with Gasteiger partial charge in [-0.15, -0.1) is 0 Å². The van der Waals surface area contributed by atoms with Gasteiger partial charge in [-0.3, -0.25) is 5.04 Å². The molecule has 0 spiro atoms. The van der Waals surface area contributed by atoms with Crippen molar-refractivity contribution in [3.63, 3.8) is 0 Å². The number of nitrogens with zero attached hydrogens (tertiary/aromatic N) is 6. The number of nitrogens with one attached hydrogen (secondary N) is 5. The van der Waals surface area contributed by atoms with Crippen LogP contribution in [0.1, 0.15) is 16.7 Å². The molecule has 8 aromatic rings. The molecule has 328 valence electrons. The molecule has 0 aliphatic rings. The number of para-hydroxylation sites is 4. The van der Waals surface area contributed by atoms with Gasteiger partial charge < -0.3 is 42.1 Å². The molecule has 22 heteroatoms. The molecule has 0 saturated carbocycles. The molecular formula is C45H38N12Na2O6S2. The Hall–Kier alpha value is -5.98. The van der Waals surface area contributed by atoms with E-state index in [0.717, 1.165) is 22.7 Å². The van der Waals surface area contributed by atoms with E-state index in [1.54, 1.807) is 43.3 Å². The number of anilines is 11. The molecule has 0 amide bonds. The van der Waals surface area contributed by atoms with Crippen LogP contribution in [0, 0.1) is 6.92 Å². The van der Waals surface area contributed by atoms with E-state index in [4.69, 9.17) is 5.73 Å². The normalized spacial score (nSPS) is 10.7. The molecule has 0 aliphatic heterocycles. The zero-order valence-electron chi connectivity index (χ0n) is 36.2. The van der Waals surface area contributed by atoms with Crippen LogP contribution in [0.15, 0.2) is 168 Å². The number of nitrogen functional groups attached to an aromatic ring is 1. The van der Waals surface area contributed by atoms with Crippen molar-refractivity contribution < 1.29 is 86.7 Å². The fourth-order valence-corrected chi connectivity index (χ4v) is 7.09. The average Bonchev–Trinajstić information content (AvgIpc) is 3.29. The first-order chi connectivity index (χ1) is 31.6. The summed E-state index contributed by atoms with van der Waals surface area (Å²) in [5, 5.41) is 29.8. The summed E-state index contributed by atoms with van der Waals surface area (Å²) in [6.07, 6.45) is 3.08. The van der Waals surface area contributed by atoms with Crippen LogP contribution in [0.4, 0.5) is 64.1 Å². The van der Waals surface area contributed by atoms with Crippen molar-refractivity contribution in [2.45, 2.75) is 16.7 Å². The van der Waals surface area contributed by atoms with Gasteiger partial charge in [0.1, 0.15) is 10.1 Å². The first kappa shape index (κ1) is 52.0. The van der Waals surface area contributed by atoms with Gasteiger partial charge in [0.2, 0.25) is 35.7 Å². The van der Waals surface area contributed by atoms with Crippen LogP contribution in [0.5, 0.6) is 0 Å². The number of aryl methyl sites for hydroxylation is 1. The summed E-state index contributed by atoms with van der Waals surface area (Å²) in [6, 6.07) is 47.7. The fourth-order valence-electron chi connectivity index (χ4n) is 5.83. The SMILES string of the molecule is Cc1ccc(/C=C/c2ccc(Nc3nc(Nc4ccccc4)nc(Nc4ccccc4)n3)cc2SOO[O-])c(S(=O)(=O)[O-])c1.Nc1nc(Nc2ccccc2)nc(Nc2ccccc2)n1.[Na+].[Na+]. The smallest absolute Gasteiger partial charge is 0.744 e. The van der Waals surface area contributed by atoms with E-state index in [9.17, 15) is 18.2 Å². The molecule has 0 saturated heterocycles. The third-order valence-corrected chi connectivity index (χ3v) is 10.3. The molecule has 0 radical (unpaired) electrons. The van der Waals surface area contributed by atoms with Crippen LogP contribution in [0.3, 0.4) is 0 Å². The van der Waals surface area contributed by atoms with Crippen LogP contribution in [-0.2, 0) is 19.5 Å². The van der Waals surface area contributed by atoms with Gasteiger partial charge >= 0.3 is 59.1 Å². The molecule has 0 bridgehead atoms. The Morgan fingerprint density at radius 3 is 1.30 bits per heavy atom. The van der Waals surface area contributed by atoms with Gasteiger partial charge in [-0.05, 0) is 90.3 Å². The van der Waals surface area contributed by atoms with E-state index in [-0.39, 0.29) is 93.4 Å². The molecular weight excluding hydrogens is 915 g/mol. The van der Waals surface area contributed by atoms with Crippen LogP contribution in [-0.4, -0.2) is 42.9 Å². The predicted molar refractivity (Wildman–Crippen MR) is 249 cm³/mol. The molecule has 0 fully saturated rings. The quantitative estimate of drug-likeness (QED) is 0.0203. The van der Waals surface area contributed by atoms with E-state index in [2.05, 4.69) is 65.9 Å². The van der Waals surface area contributed by atoms with E-state index in [1.165, 1.54) is 12.1 Å². The van der Waals surface area contributed by atoms with Crippen molar-refractivity contribution in [2.75, 3.05) is 32.3 Å². The number of benzene rings is 6. The van der Waals surface area contributed by atoms with Crippen molar-refractivity contribution in [1.29, 1.82) is 0 Å². The van der Waals surface area contributed by atoms with Gasteiger partial charge in [0.15, 0.2) is 0 Å². The summed E-state index contributed by atoms with van der Waals surface area (Å²) in [4.78, 5) is 26.0. The third-order valence-electron chi connectivity index (χ3n) is 8.71. The molecule has 0 unspecified atom stereocenters. The number of aromatic nitrogens is 6. The average molecular weight is 953 g/mol. The summed E-state index contributed by atoms with van der Waals surface area (Å²) >= 11 is 0.645. The Bertz CT molecular complexity index is 2860. The molecule has 2 aromatic heterocycles. The zero-order valence-corrected chi connectivity index (χ0v) is 41.8. The topological polar surface area (TPSA) is 262 Å². The first-order valence-electron chi connectivity index (χ1n) is 19.4. The minimum atomic E-state index is -4.70. The largest absolute Gasteiger partial charge is 1.00 e. The van der Waals surface area contributed by atoms with Crippen LogP contribution >= 0.6 is 12.0 Å². The summed E-state index contributed by atoms with van der Waals surface area (Å²) in [7, 11) is -4.70. The Balaban J connectivity index is 0.000000306. The van der Waals surface area contributed by atoms with Gasteiger partial charge in [-0.1, -0.05) is 103 Å². The maximum Gasteiger partial charge on any atom is 1.00 e. The molecule has 0 atom stereocenters. The molecule has 18 nitrogen and oxygen atoms in total. The summed E-state index contributed by atoms with van der Waals surface area (Å²) in [5.41, 5.74) is 11.0. The maximum atomic E-state index is 11.8. The number of hydrogen-bond donors (Lipinski definition) is 6. The van der Waals surface area contributed by atoms with Crippen LogP contribution in [0.25, 0.3) is 12.2 Å². The third kappa shape index (κ3) is 16.4. The molecule has 2 heterocycles. The van der Waals surface area contributed by atoms with Crippen LogP contribution in [0.2, 0.25) is 0 Å². The monoisotopic (exact) mass is 952 g/mol. The molecule has 7 N–H and O–H groups in total. The Morgan fingerprint density at radius 2 is 0.896 bits per heavy atom. The Kier molecular flexibility index (Phi) is 20.0. The summed E-state index contributed by atoms with van der Waals surface area (Å²) in [5.74, 6) is 1.72. The van der Waals surface area contributed by atoms with Crippen molar-refractivity contribution in [1.82, 2.24) is 29.9 Å². The Morgan fingerprint density at radius 1 is 0.522 bits per heavy atom. The van der Waals surface area contributed by atoms with E-state index >= 15 is 0 Å². The second-order valence-electron chi connectivity index (χ2n) is 13.5. The van der Waals surface area contributed by atoms with Gasteiger partial charge in [0, 0.05) is 33.3 Å². The van der Waals surface area contributed by atoms with Gasteiger partial charge in [0.05, 0.1) is 16.9 Å². The molecule has 8 rings (SSSR count). The van der Waals surface area contributed by atoms with Crippen molar-refractivity contribution in [2.24, 2.45) is 0 Å². The predicted octanol–water partition coefficient (Wildman–Crippen LogP) is 2.66. The first-order valence-corrected chi connectivity index (χ1v) is 21.6. The molecule has 67 heavy (non-hydrogen) atoms. The van der Waals surface area contributed by atoms with Gasteiger partial charge in [0.25, 0.3) is 0 Å². The van der Waals surface area contributed by atoms with E-state index in [0.29, 0.717) is 45.6 Å². The molecule has 0 aliphatic carbocycles. The van der Waals surface area contributed by atoms with Crippen molar-refractivity contribution in [3.8, 4) is 0 Å². The van der Waals surface area contributed by atoms with Gasteiger partial charge in [-0.2, -0.15) is 34.2 Å². The van der Waals surface area contributed by atoms with Crippen molar-refractivity contribution >= 4 is 98.4 Å². The van der Waals surface area contributed by atoms with E-state index in [1.807, 2.05) is 121 Å². The van der Waals surface area contributed by atoms with Gasteiger partial charge in [-0.25, -0.2) is 8.42 Å². The second-order valence-corrected chi connectivity index (χ2v) is 15.6. The Labute approximate surface area is 434 Å². The maximum absolute atomic E-state index is 11.8. The minimum absolute atomic E-state index is 0. The number of nitrogens with two attached hydrogens (primary N) is 1.